The molecule has 5 heteroatoms. The number of H-pyrrole nitrogens is 2. The maximum absolute atomic E-state index is 5.64. The molecule has 19 heavy (non-hydrogen) atoms. The Morgan fingerprint density at radius 3 is 2.89 bits per heavy atom. The highest BCUT2D eigenvalue weighted by atomic mass is 15.1. The Morgan fingerprint density at radius 2 is 2.11 bits per heavy atom. The second-order valence-electron chi connectivity index (χ2n) is 4.76. The number of aryl methyl sites for hydroxylation is 2. The number of imidazole rings is 1. The molecule has 2 heterocycles. The van der Waals surface area contributed by atoms with Gasteiger partial charge in [-0.05, 0) is 38.1 Å². The molecule has 3 aromatic rings. The van der Waals surface area contributed by atoms with Crippen molar-refractivity contribution in [3.8, 4) is 11.1 Å². The van der Waals surface area contributed by atoms with Gasteiger partial charge in [0.15, 0.2) is 0 Å². The molecule has 0 radical (unpaired) electrons. The fraction of sp³-hybridized carbons (Fsp3) is 0.286. The van der Waals surface area contributed by atoms with E-state index in [1.54, 1.807) is 0 Å². The SMILES string of the molecule is Cc1nc2ccc(-c3c(CCN)n[nH]c3C)cc2[nH]1. The molecule has 0 atom stereocenters. The molecule has 0 fully saturated rings. The van der Waals surface area contributed by atoms with E-state index in [1.165, 1.54) is 0 Å². The van der Waals surface area contributed by atoms with Gasteiger partial charge in [0, 0.05) is 17.7 Å². The van der Waals surface area contributed by atoms with Crippen LogP contribution in [0.5, 0.6) is 0 Å². The van der Waals surface area contributed by atoms with Gasteiger partial charge in [0.2, 0.25) is 0 Å². The highest BCUT2D eigenvalue weighted by molar-refractivity contribution is 5.83. The van der Waals surface area contributed by atoms with Crippen molar-refractivity contribution in [2.45, 2.75) is 20.3 Å². The zero-order valence-electron chi connectivity index (χ0n) is 11.1. The minimum absolute atomic E-state index is 0.600. The van der Waals surface area contributed by atoms with Gasteiger partial charge in [-0.15, -0.1) is 0 Å². The maximum Gasteiger partial charge on any atom is 0.104 e. The number of fused-ring (bicyclic) bond motifs is 1. The molecule has 0 bridgehead atoms. The third-order valence-corrected chi connectivity index (χ3v) is 3.29. The lowest BCUT2D eigenvalue weighted by Gasteiger charge is -2.03. The quantitative estimate of drug-likeness (QED) is 0.670. The maximum atomic E-state index is 5.64. The lowest BCUT2D eigenvalue weighted by molar-refractivity contribution is 0.899. The molecule has 0 saturated carbocycles. The number of nitrogens with one attached hydrogen (secondary N) is 2. The summed E-state index contributed by atoms with van der Waals surface area (Å²) < 4.78 is 0. The van der Waals surface area contributed by atoms with Gasteiger partial charge in [0.05, 0.1) is 16.7 Å². The summed E-state index contributed by atoms with van der Waals surface area (Å²) in [5, 5.41) is 7.38. The van der Waals surface area contributed by atoms with E-state index in [0.717, 1.165) is 45.8 Å². The smallest absolute Gasteiger partial charge is 0.104 e. The minimum atomic E-state index is 0.600. The lowest BCUT2D eigenvalue weighted by Crippen LogP contribution is -2.04. The van der Waals surface area contributed by atoms with Gasteiger partial charge >= 0.3 is 0 Å². The van der Waals surface area contributed by atoms with Crippen molar-refractivity contribution >= 4 is 11.0 Å². The molecule has 0 aliphatic heterocycles. The lowest BCUT2D eigenvalue weighted by atomic mass is 10.0. The summed E-state index contributed by atoms with van der Waals surface area (Å²) in [6.45, 7) is 4.59. The molecule has 0 spiro atoms. The molecule has 4 N–H and O–H groups in total. The first-order valence-electron chi connectivity index (χ1n) is 6.39. The van der Waals surface area contributed by atoms with Gasteiger partial charge in [-0.3, -0.25) is 5.10 Å². The summed E-state index contributed by atoms with van der Waals surface area (Å²) >= 11 is 0. The van der Waals surface area contributed by atoms with Gasteiger partial charge in [-0.25, -0.2) is 4.98 Å². The Bertz CT molecular complexity index is 723. The Labute approximate surface area is 111 Å². The van der Waals surface area contributed by atoms with Crippen molar-refractivity contribution in [1.29, 1.82) is 0 Å². The largest absolute Gasteiger partial charge is 0.342 e. The Morgan fingerprint density at radius 1 is 1.26 bits per heavy atom. The average molecular weight is 255 g/mol. The molecule has 3 rings (SSSR count). The van der Waals surface area contributed by atoms with E-state index in [-0.39, 0.29) is 0 Å². The van der Waals surface area contributed by atoms with Crippen LogP contribution in [0.15, 0.2) is 18.2 Å². The predicted molar refractivity (Wildman–Crippen MR) is 75.9 cm³/mol. The van der Waals surface area contributed by atoms with Gasteiger partial charge in [0.25, 0.3) is 0 Å². The molecule has 0 aliphatic carbocycles. The molecule has 1 aromatic carbocycles. The number of hydrogen-bond donors (Lipinski definition) is 3. The van der Waals surface area contributed by atoms with Crippen molar-refractivity contribution in [1.82, 2.24) is 20.2 Å². The molecule has 98 valence electrons. The van der Waals surface area contributed by atoms with Crippen LogP contribution in [0.2, 0.25) is 0 Å². The first kappa shape index (κ1) is 11.9. The van der Waals surface area contributed by atoms with Crippen molar-refractivity contribution in [3.63, 3.8) is 0 Å². The summed E-state index contributed by atoms with van der Waals surface area (Å²) in [6.07, 6.45) is 0.777. The van der Waals surface area contributed by atoms with Crippen LogP contribution in [0, 0.1) is 13.8 Å². The zero-order chi connectivity index (χ0) is 13.4. The predicted octanol–water partition coefficient (Wildman–Crippen LogP) is 2.07. The normalized spacial score (nSPS) is 11.3. The monoisotopic (exact) mass is 255 g/mol. The van der Waals surface area contributed by atoms with E-state index < -0.39 is 0 Å². The number of aromatic amines is 2. The highest BCUT2D eigenvalue weighted by Gasteiger charge is 2.12. The molecule has 0 aliphatic rings. The number of aromatic nitrogens is 4. The number of hydrogen-bond acceptors (Lipinski definition) is 3. The summed E-state index contributed by atoms with van der Waals surface area (Å²) in [6, 6.07) is 6.24. The summed E-state index contributed by atoms with van der Waals surface area (Å²) in [4.78, 5) is 7.68. The van der Waals surface area contributed by atoms with E-state index in [1.807, 2.05) is 19.9 Å². The van der Waals surface area contributed by atoms with Crippen LogP contribution >= 0.6 is 0 Å². The first-order chi connectivity index (χ1) is 9.19. The molecule has 5 nitrogen and oxygen atoms in total. The van der Waals surface area contributed by atoms with Gasteiger partial charge < -0.3 is 10.7 Å². The number of nitrogens with zero attached hydrogens (tertiary/aromatic N) is 2. The van der Waals surface area contributed by atoms with Gasteiger partial charge in [-0.1, -0.05) is 6.07 Å². The van der Waals surface area contributed by atoms with Crippen LogP contribution in [0.4, 0.5) is 0 Å². The van der Waals surface area contributed by atoms with E-state index in [4.69, 9.17) is 5.73 Å². The topological polar surface area (TPSA) is 83.4 Å². The molecule has 0 amide bonds. The van der Waals surface area contributed by atoms with Crippen LogP contribution < -0.4 is 5.73 Å². The first-order valence-corrected chi connectivity index (χ1v) is 6.39. The van der Waals surface area contributed by atoms with Crippen molar-refractivity contribution in [3.05, 3.63) is 35.4 Å². The van der Waals surface area contributed by atoms with Crippen molar-refractivity contribution in [2.75, 3.05) is 6.54 Å². The number of nitrogens with two attached hydrogens (primary N) is 1. The second kappa shape index (κ2) is 4.51. The second-order valence-corrected chi connectivity index (χ2v) is 4.76. The average Bonchev–Trinajstić information content (AvgIpc) is 2.91. The van der Waals surface area contributed by atoms with Gasteiger partial charge in [-0.2, -0.15) is 5.10 Å². The van der Waals surface area contributed by atoms with E-state index in [0.29, 0.717) is 6.54 Å². The van der Waals surface area contributed by atoms with E-state index >= 15 is 0 Å². The standard InChI is InChI=1S/C14H17N5/c1-8-14(12(5-6-15)19-18-8)10-3-4-11-13(7-10)17-9(2)16-11/h3-4,7H,5-6,15H2,1-2H3,(H,16,17)(H,18,19). The highest BCUT2D eigenvalue weighted by Crippen LogP contribution is 2.28. The Balaban J connectivity index is 2.15. The molecular weight excluding hydrogens is 238 g/mol. The fourth-order valence-electron chi connectivity index (χ4n) is 2.47. The van der Waals surface area contributed by atoms with Crippen LogP contribution in [0.3, 0.4) is 0 Å². The Hall–Kier alpha value is -2.14. The molecule has 0 unspecified atom stereocenters. The molecular formula is C14H17N5. The third kappa shape index (κ3) is 2.02. The summed E-state index contributed by atoms with van der Waals surface area (Å²) in [5.74, 6) is 0.929. The van der Waals surface area contributed by atoms with Crippen LogP contribution in [-0.2, 0) is 6.42 Å². The zero-order valence-corrected chi connectivity index (χ0v) is 11.1. The molecule has 0 saturated heterocycles. The number of benzene rings is 1. The number of rotatable bonds is 3. The van der Waals surface area contributed by atoms with E-state index in [9.17, 15) is 0 Å². The summed E-state index contributed by atoms with van der Waals surface area (Å²) in [7, 11) is 0. The van der Waals surface area contributed by atoms with Crippen molar-refractivity contribution in [2.24, 2.45) is 5.73 Å². The Kier molecular flexibility index (Phi) is 2.83. The molecule has 2 aromatic heterocycles. The fourth-order valence-corrected chi connectivity index (χ4v) is 2.47. The van der Waals surface area contributed by atoms with Crippen LogP contribution in [-0.4, -0.2) is 26.7 Å². The minimum Gasteiger partial charge on any atom is -0.342 e. The van der Waals surface area contributed by atoms with Crippen LogP contribution in [0.25, 0.3) is 22.2 Å². The van der Waals surface area contributed by atoms with Gasteiger partial charge in [0.1, 0.15) is 5.82 Å². The van der Waals surface area contributed by atoms with E-state index in [2.05, 4.69) is 32.3 Å². The third-order valence-electron chi connectivity index (χ3n) is 3.29. The summed E-state index contributed by atoms with van der Waals surface area (Å²) in [5.41, 5.74) is 12.1. The van der Waals surface area contributed by atoms with Crippen LogP contribution in [0.1, 0.15) is 17.2 Å². The van der Waals surface area contributed by atoms with Crippen molar-refractivity contribution < 1.29 is 0 Å².